The van der Waals surface area contributed by atoms with E-state index in [1.165, 1.54) is 36.4 Å². The zero-order valence-corrected chi connectivity index (χ0v) is 19.7. The monoisotopic (exact) mass is 485 g/mol. The van der Waals surface area contributed by atoms with Crippen LogP contribution in [0.4, 0.5) is 14.7 Å². The van der Waals surface area contributed by atoms with Crippen molar-refractivity contribution in [2.45, 2.75) is 18.2 Å². The Kier molecular flexibility index (Phi) is 5.75. The molecule has 0 N–H and O–H groups in total. The van der Waals surface area contributed by atoms with E-state index in [1.807, 2.05) is 12.4 Å². The zero-order valence-electron chi connectivity index (χ0n) is 18.9. The van der Waals surface area contributed by atoms with Crippen molar-refractivity contribution in [2.24, 2.45) is 17.8 Å². The molecule has 34 heavy (non-hydrogen) atoms. The average Bonchev–Trinajstić information content (AvgIpc) is 3.26. The van der Waals surface area contributed by atoms with Gasteiger partial charge in [0.25, 0.3) is 0 Å². The fourth-order valence-electron chi connectivity index (χ4n) is 4.69. The van der Waals surface area contributed by atoms with Gasteiger partial charge in [0.05, 0.1) is 11.5 Å². The molecular formula is C25H25F2N3O3S. The number of aryl methyl sites for hydroxylation is 1. The maximum absolute atomic E-state index is 14.7. The summed E-state index contributed by atoms with van der Waals surface area (Å²) in [4.78, 5) is 11.2. The van der Waals surface area contributed by atoms with E-state index < -0.39 is 21.5 Å². The van der Waals surface area contributed by atoms with Crippen molar-refractivity contribution >= 4 is 15.8 Å². The van der Waals surface area contributed by atoms with E-state index in [0.717, 1.165) is 37.3 Å². The quantitative estimate of drug-likeness (QED) is 0.501. The number of hydrogen-bond acceptors (Lipinski definition) is 6. The molecule has 2 aliphatic rings. The van der Waals surface area contributed by atoms with E-state index in [0.29, 0.717) is 23.0 Å². The van der Waals surface area contributed by atoms with Crippen LogP contribution < -0.4 is 9.64 Å². The van der Waals surface area contributed by atoms with E-state index in [-0.39, 0.29) is 23.2 Å². The fraction of sp³-hybridized carbons (Fsp3) is 0.360. The molecule has 6 nitrogen and oxygen atoms in total. The van der Waals surface area contributed by atoms with Crippen LogP contribution >= 0.6 is 0 Å². The van der Waals surface area contributed by atoms with Gasteiger partial charge in [0, 0.05) is 37.7 Å². The van der Waals surface area contributed by atoms with Crippen LogP contribution in [0.15, 0.2) is 53.7 Å². The van der Waals surface area contributed by atoms with Crippen LogP contribution in [0.3, 0.4) is 0 Å². The summed E-state index contributed by atoms with van der Waals surface area (Å²) in [6.45, 7) is 3.95. The lowest BCUT2D eigenvalue weighted by Crippen LogP contribution is -2.27. The van der Waals surface area contributed by atoms with Crippen LogP contribution in [0, 0.1) is 29.4 Å². The van der Waals surface area contributed by atoms with Crippen molar-refractivity contribution in [2.75, 3.05) is 30.9 Å². The molecule has 0 radical (unpaired) electrons. The van der Waals surface area contributed by atoms with Crippen molar-refractivity contribution in [1.82, 2.24) is 9.97 Å². The number of piperidine rings is 1. The Balaban J connectivity index is 1.20. The highest BCUT2D eigenvalue weighted by molar-refractivity contribution is 7.90. The van der Waals surface area contributed by atoms with Gasteiger partial charge in [-0.15, -0.1) is 0 Å². The van der Waals surface area contributed by atoms with Crippen molar-refractivity contribution in [3.8, 4) is 16.9 Å². The highest BCUT2D eigenvalue weighted by atomic mass is 32.2. The molecule has 5 rings (SSSR count). The third-order valence-electron chi connectivity index (χ3n) is 6.79. The topological polar surface area (TPSA) is 72.4 Å². The van der Waals surface area contributed by atoms with Gasteiger partial charge in [0.2, 0.25) is 5.95 Å². The number of anilines is 1. The van der Waals surface area contributed by atoms with Crippen molar-refractivity contribution in [3.63, 3.8) is 0 Å². The summed E-state index contributed by atoms with van der Waals surface area (Å²) in [6.07, 6.45) is 5.70. The molecule has 0 amide bonds. The number of nitrogens with zero attached hydrogens (tertiary/aromatic N) is 3. The summed E-state index contributed by atoms with van der Waals surface area (Å²) in [7, 11) is -3.34. The fourth-order valence-corrected chi connectivity index (χ4v) is 5.32. The Labute approximate surface area is 197 Å². The zero-order chi connectivity index (χ0) is 24.0. The predicted octanol–water partition coefficient (Wildman–Crippen LogP) is 4.15. The van der Waals surface area contributed by atoms with Crippen molar-refractivity contribution in [1.29, 1.82) is 0 Å². The number of hydrogen-bond donors (Lipinski definition) is 0. The number of fused-ring (bicyclic) bond motifs is 1. The van der Waals surface area contributed by atoms with Crippen LogP contribution in [0.2, 0.25) is 0 Å². The van der Waals surface area contributed by atoms with Gasteiger partial charge in [-0.1, -0.05) is 19.1 Å². The molecule has 178 valence electrons. The molecule has 1 aliphatic carbocycles. The molecule has 9 heteroatoms. The Morgan fingerprint density at radius 3 is 2.12 bits per heavy atom. The Hall–Kier alpha value is -3.07. The largest absolute Gasteiger partial charge is 0.487 e. The molecule has 0 bridgehead atoms. The molecule has 3 aromatic rings. The Morgan fingerprint density at radius 1 is 1.00 bits per heavy atom. The first-order valence-corrected chi connectivity index (χ1v) is 13.1. The van der Waals surface area contributed by atoms with Gasteiger partial charge >= 0.3 is 0 Å². The third-order valence-corrected chi connectivity index (χ3v) is 7.92. The van der Waals surface area contributed by atoms with Crippen LogP contribution in [-0.4, -0.2) is 44.3 Å². The predicted molar refractivity (Wildman–Crippen MR) is 124 cm³/mol. The summed E-state index contributed by atoms with van der Waals surface area (Å²) in [5.74, 6) is -0.134. The van der Waals surface area contributed by atoms with Crippen molar-refractivity contribution in [3.05, 3.63) is 66.0 Å². The van der Waals surface area contributed by atoms with Gasteiger partial charge in [0.15, 0.2) is 27.2 Å². The third kappa shape index (κ3) is 4.36. The van der Waals surface area contributed by atoms with Gasteiger partial charge in [-0.05, 0) is 59.2 Å². The highest BCUT2D eigenvalue weighted by Gasteiger charge is 2.56. The standard InChI is InChI=1S/C25H25F2N3O3S/c1-3-15-10-28-25(29-11-15)30-12-19-20(13-30)21(19)14-33-24-22(26)8-17(9-23(24)27)16-4-6-18(7-5-16)34(2,31)32/h4-11,19-21H,3,12-14H2,1-2H3. The van der Waals surface area contributed by atoms with E-state index >= 15 is 0 Å². The lowest BCUT2D eigenvalue weighted by molar-refractivity contribution is 0.257. The molecule has 2 unspecified atom stereocenters. The summed E-state index contributed by atoms with van der Waals surface area (Å²) in [6, 6.07) is 8.32. The number of rotatable bonds is 7. The number of halogens is 2. The summed E-state index contributed by atoms with van der Waals surface area (Å²) >= 11 is 0. The lowest BCUT2D eigenvalue weighted by Gasteiger charge is -2.20. The molecule has 1 saturated heterocycles. The molecule has 1 aromatic heterocycles. The average molecular weight is 486 g/mol. The number of aromatic nitrogens is 2. The van der Waals surface area contributed by atoms with Crippen molar-refractivity contribution < 1.29 is 21.9 Å². The first-order valence-electron chi connectivity index (χ1n) is 11.2. The summed E-state index contributed by atoms with van der Waals surface area (Å²) in [5.41, 5.74) is 1.93. The minimum Gasteiger partial charge on any atom is -0.487 e. The van der Waals surface area contributed by atoms with Crippen LogP contribution in [0.5, 0.6) is 5.75 Å². The van der Waals surface area contributed by atoms with Gasteiger partial charge in [-0.3, -0.25) is 0 Å². The molecule has 1 aliphatic heterocycles. The maximum atomic E-state index is 14.7. The molecule has 2 atom stereocenters. The van der Waals surface area contributed by atoms with E-state index in [2.05, 4.69) is 21.8 Å². The van der Waals surface area contributed by atoms with Gasteiger partial charge in [0.1, 0.15) is 0 Å². The van der Waals surface area contributed by atoms with Crippen LogP contribution in [0.1, 0.15) is 12.5 Å². The van der Waals surface area contributed by atoms with Gasteiger partial charge in [-0.25, -0.2) is 27.2 Å². The minimum atomic E-state index is -3.34. The molecule has 2 aromatic carbocycles. The molecule has 2 fully saturated rings. The second-order valence-corrected chi connectivity index (χ2v) is 11.0. The molecule has 2 heterocycles. The first kappa shape index (κ1) is 22.7. The van der Waals surface area contributed by atoms with Crippen LogP contribution in [0.25, 0.3) is 11.1 Å². The maximum Gasteiger partial charge on any atom is 0.225 e. The smallest absolute Gasteiger partial charge is 0.225 e. The van der Waals surface area contributed by atoms with Gasteiger partial charge < -0.3 is 9.64 Å². The van der Waals surface area contributed by atoms with Crippen LogP contribution in [-0.2, 0) is 16.3 Å². The first-order chi connectivity index (χ1) is 16.2. The van der Waals surface area contributed by atoms with E-state index in [9.17, 15) is 17.2 Å². The Morgan fingerprint density at radius 2 is 1.59 bits per heavy atom. The van der Waals surface area contributed by atoms with E-state index in [4.69, 9.17) is 4.74 Å². The molecule has 0 spiro atoms. The minimum absolute atomic E-state index is 0.148. The normalized spacial score (nSPS) is 21.4. The second kappa shape index (κ2) is 8.61. The summed E-state index contributed by atoms with van der Waals surface area (Å²) < 4.78 is 58.2. The second-order valence-electron chi connectivity index (χ2n) is 9.02. The molecule has 1 saturated carbocycles. The summed E-state index contributed by atoms with van der Waals surface area (Å²) in [5, 5.41) is 0. The lowest BCUT2D eigenvalue weighted by atomic mass is 10.1. The molecular weight excluding hydrogens is 460 g/mol. The van der Waals surface area contributed by atoms with E-state index in [1.54, 1.807) is 0 Å². The Bertz CT molecular complexity index is 1280. The SMILES string of the molecule is CCc1cnc(N2CC3C(COc4c(F)cc(-c5ccc(S(C)(=O)=O)cc5)cc4F)C3C2)nc1. The highest BCUT2D eigenvalue weighted by Crippen LogP contribution is 2.52. The van der Waals surface area contributed by atoms with Gasteiger partial charge in [-0.2, -0.15) is 0 Å². The number of benzene rings is 2. The number of ether oxygens (including phenoxy) is 1. The number of sulfone groups is 1.